The highest BCUT2D eigenvalue weighted by Crippen LogP contribution is 2.34. The lowest BCUT2D eigenvalue weighted by Crippen LogP contribution is -1.81. The molecule has 4 rings (SSSR count). The Morgan fingerprint density at radius 3 is 2.71 bits per heavy atom. The van der Waals surface area contributed by atoms with Gasteiger partial charge in [-0.1, -0.05) is 30.3 Å². The van der Waals surface area contributed by atoms with E-state index in [9.17, 15) is 5.11 Å². The van der Waals surface area contributed by atoms with Gasteiger partial charge < -0.3 is 5.11 Å². The van der Waals surface area contributed by atoms with Crippen LogP contribution in [0.25, 0.3) is 32.9 Å². The number of rotatable bonds is 2. The van der Waals surface area contributed by atoms with Crippen molar-refractivity contribution in [3.63, 3.8) is 0 Å². The van der Waals surface area contributed by atoms with Crippen LogP contribution >= 0.6 is 11.3 Å². The summed E-state index contributed by atoms with van der Waals surface area (Å²) < 4.78 is 0. The van der Waals surface area contributed by atoms with Crippen molar-refractivity contribution >= 4 is 22.2 Å². The van der Waals surface area contributed by atoms with Crippen LogP contribution in [0.4, 0.5) is 0 Å². The molecule has 0 saturated carbocycles. The Labute approximate surface area is 124 Å². The van der Waals surface area contributed by atoms with E-state index in [-0.39, 0.29) is 5.75 Å². The van der Waals surface area contributed by atoms with Crippen molar-refractivity contribution in [3.8, 4) is 27.7 Å². The average Bonchev–Trinajstić information content (AvgIpc) is 3.14. The number of nitrogens with one attached hydrogen (secondary N) is 1. The summed E-state index contributed by atoms with van der Waals surface area (Å²) in [5, 5.41) is 21.1. The van der Waals surface area contributed by atoms with Crippen molar-refractivity contribution < 1.29 is 5.11 Å². The third kappa shape index (κ3) is 1.98. The number of nitrogens with zero attached hydrogens (tertiary/aromatic N) is 2. The van der Waals surface area contributed by atoms with Gasteiger partial charge in [-0.25, -0.2) is 4.98 Å². The first-order valence-corrected chi connectivity index (χ1v) is 7.38. The van der Waals surface area contributed by atoms with Gasteiger partial charge in [0.25, 0.3) is 0 Å². The molecule has 0 unspecified atom stereocenters. The summed E-state index contributed by atoms with van der Waals surface area (Å²) >= 11 is 1.52. The molecule has 2 heterocycles. The third-order valence-corrected chi connectivity index (χ3v) is 4.21. The molecule has 0 saturated heterocycles. The van der Waals surface area contributed by atoms with Gasteiger partial charge in [-0.3, -0.25) is 5.10 Å². The number of thiazole rings is 1. The average molecular weight is 293 g/mol. The summed E-state index contributed by atoms with van der Waals surface area (Å²) in [6, 6.07) is 15.2. The number of benzene rings is 2. The van der Waals surface area contributed by atoms with Gasteiger partial charge in [0.15, 0.2) is 0 Å². The fraction of sp³-hybridized carbons (Fsp3) is 0. The standard InChI is InChI=1S/C16H11N3OS/c20-14-8-4-2-5-10(14)13-9-21-16(17-13)15-11-6-1-3-7-12(11)18-19-15/h1-9,20H,(H,18,19). The monoisotopic (exact) mass is 293 g/mol. The van der Waals surface area contributed by atoms with Crippen molar-refractivity contribution in [2.45, 2.75) is 0 Å². The second kappa shape index (κ2) is 4.71. The molecule has 0 spiro atoms. The molecule has 0 aliphatic carbocycles. The SMILES string of the molecule is Oc1ccccc1-c1csc(-c2n[nH]c3ccccc23)n1. The molecular formula is C16H11N3OS. The highest BCUT2D eigenvalue weighted by molar-refractivity contribution is 7.13. The number of aromatic hydroxyl groups is 1. The maximum absolute atomic E-state index is 9.92. The molecule has 5 heteroatoms. The van der Waals surface area contributed by atoms with E-state index in [0.29, 0.717) is 0 Å². The van der Waals surface area contributed by atoms with Crippen LogP contribution in [0.1, 0.15) is 0 Å². The van der Waals surface area contributed by atoms with Crippen molar-refractivity contribution in [1.82, 2.24) is 15.2 Å². The normalized spacial score (nSPS) is 11.0. The number of H-pyrrole nitrogens is 1. The summed E-state index contributed by atoms with van der Waals surface area (Å²) in [6.45, 7) is 0. The summed E-state index contributed by atoms with van der Waals surface area (Å²) in [6.07, 6.45) is 0. The van der Waals surface area contributed by atoms with Crippen molar-refractivity contribution in [2.24, 2.45) is 0 Å². The van der Waals surface area contributed by atoms with Crippen LogP contribution in [0.5, 0.6) is 5.75 Å². The maximum atomic E-state index is 9.92. The molecule has 2 N–H and O–H groups in total. The minimum absolute atomic E-state index is 0.237. The highest BCUT2D eigenvalue weighted by Gasteiger charge is 2.13. The number of phenols is 1. The van der Waals surface area contributed by atoms with Gasteiger partial charge in [-0.2, -0.15) is 5.10 Å². The predicted octanol–water partition coefficient (Wildman–Crippen LogP) is 4.06. The minimum Gasteiger partial charge on any atom is -0.507 e. The van der Waals surface area contributed by atoms with E-state index in [4.69, 9.17) is 0 Å². The van der Waals surface area contributed by atoms with Crippen molar-refractivity contribution in [2.75, 3.05) is 0 Å². The number of aromatic amines is 1. The van der Waals surface area contributed by atoms with E-state index in [2.05, 4.69) is 15.2 Å². The van der Waals surface area contributed by atoms with Gasteiger partial charge in [0.05, 0.1) is 11.2 Å². The van der Waals surface area contributed by atoms with E-state index >= 15 is 0 Å². The molecule has 0 aliphatic rings. The summed E-state index contributed by atoms with van der Waals surface area (Å²) in [4.78, 5) is 4.61. The molecule has 21 heavy (non-hydrogen) atoms. The quantitative estimate of drug-likeness (QED) is 0.586. The van der Waals surface area contributed by atoms with Crippen LogP contribution < -0.4 is 0 Å². The second-order valence-electron chi connectivity index (χ2n) is 4.67. The number of aromatic nitrogens is 3. The Morgan fingerprint density at radius 2 is 1.81 bits per heavy atom. The van der Waals surface area contributed by atoms with Crippen LogP contribution in [0.3, 0.4) is 0 Å². The fourth-order valence-corrected chi connectivity index (χ4v) is 3.14. The number of hydrogen-bond acceptors (Lipinski definition) is 4. The summed E-state index contributed by atoms with van der Waals surface area (Å²) in [5.74, 6) is 0.237. The molecule has 0 atom stereocenters. The maximum Gasteiger partial charge on any atom is 0.145 e. The molecule has 0 radical (unpaired) electrons. The largest absolute Gasteiger partial charge is 0.507 e. The Balaban J connectivity index is 1.83. The first-order valence-electron chi connectivity index (χ1n) is 6.50. The molecule has 0 aliphatic heterocycles. The lowest BCUT2D eigenvalue weighted by Gasteiger charge is -1.99. The first kappa shape index (κ1) is 12.1. The van der Waals surface area contributed by atoms with Gasteiger partial charge in [0.2, 0.25) is 0 Å². The Morgan fingerprint density at radius 1 is 1.00 bits per heavy atom. The Kier molecular flexibility index (Phi) is 2.72. The summed E-state index contributed by atoms with van der Waals surface area (Å²) in [5.41, 5.74) is 3.34. The molecular weight excluding hydrogens is 282 g/mol. The number of fused-ring (bicyclic) bond motifs is 1. The van der Waals surface area contributed by atoms with Crippen LogP contribution in [-0.4, -0.2) is 20.3 Å². The van der Waals surface area contributed by atoms with E-state index in [0.717, 1.165) is 32.9 Å². The third-order valence-electron chi connectivity index (χ3n) is 3.36. The molecule has 0 fully saturated rings. The van der Waals surface area contributed by atoms with E-state index < -0.39 is 0 Å². The zero-order chi connectivity index (χ0) is 14.2. The molecule has 4 aromatic rings. The van der Waals surface area contributed by atoms with Gasteiger partial charge >= 0.3 is 0 Å². The highest BCUT2D eigenvalue weighted by atomic mass is 32.1. The zero-order valence-electron chi connectivity index (χ0n) is 10.9. The van der Waals surface area contributed by atoms with E-state index in [1.165, 1.54) is 11.3 Å². The Bertz CT molecular complexity index is 926. The van der Waals surface area contributed by atoms with Gasteiger partial charge in [-0.15, -0.1) is 11.3 Å². The van der Waals surface area contributed by atoms with Crippen molar-refractivity contribution in [3.05, 3.63) is 53.9 Å². The number of hydrogen-bond donors (Lipinski definition) is 2. The number of phenolic OH excluding ortho intramolecular Hbond substituents is 1. The van der Waals surface area contributed by atoms with Crippen molar-refractivity contribution in [1.29, 1.82) is 0 Å². The fourth-order valence-electron chi connectivity index (χ4n) is 2.32. The predicted molar refractivity (Wildman–Crippen MR) is 84.3 cm³/mol. The molecule has 2 aromatic heterocycles. The van der Waals surface area contributed by atoms with Crippen LogP contribution in [-0.2, 0) is 0 Å². The van der Waals surface area contributed by atoms with E-state index in [1.807, 2.05) is 41.8 Å². The van der Waals surface area contributed by atoms with Gasteiger partial charge in [-0.05, 0) is 18.2 Å². The number of para-hydroxylation sites is 2. The zero-order valence-corrected chi connectivity index (χ0v) is 11.8. The van der Waals surface area contributed by atoms with Gasteiger partial charge in [0, 0.05) is 16.3 Å². The molecule has 0 bridgehead atoms. The van der Waals surface area contributed by atoms with E-state index in [1.54, 1.807) is 12.1 Å². The lowest BCUT2D eigenvalue weighted by molar-refractivity contribution is 0.477. The molecule has 0 amide bonds. The summed E-state index contributed by atoms with van der Waals surface area (Å²) in [7, 11) is 0. The topological polar surface area (TPSA) is 61.8 Å². The molecule has 2 aromatic carbocycles. The minimum atomic E-state index is 0.237. The molecule has 4 nitrogen and oxygen atoms in total. The smallest absolute Gasteiger partial charge is 0.145 e. The first-order chi connectivity index (χ1) is 10.3. The lowest BCUT2D eigenvalue weighted by atomic mass is 10.1. The second-order valence-corrected chi connectivity index (χ2v) is 5.53. The van der Waals surface area contributed by atoms with Crippen LogP contribution in [0.15, 0.2) is 53.9 Å². The molecule has 102 valence electrons. The van der Waals surface area contributed by atoms with Crippen LogP contribution in [0.2, 0.25) is 0 Å². The van der Waals surface area contributed by atoms with Crippen LogP contribution in [0, 0.1) is 0 Å². The van der Waals surface area contributed by atoms with Gasteiger partial charge in [0.1, 0.15) is 16.5 Å². The Hall–Kier alpha value is -2.66.